The molecule has 2 aromatic carbocycles. The first-order valence-electron chi connectivity index (χ1n) is 12.8. The highest BCUT2D eigenvalue weighted by atomic mass is 35.5. The summed E-state index contributed by atoms with van der Waals surface area (Å²) in [5.74, 6) is 0. The molecule has 1 aliphatic heterocycles. The molecule has 0 radical (unpaired) electrons. The molecule has 0 fully saturated rings. The summed E-state index contributed by atoms with van der Waals surface area (Å²) >= 11 is 6.87. The Morgan fingerprint density at radius 3 is 2.50 bits per heavy atom. The maximum absolute atomic E-state index is 9.72. The van der Waals surface area contributed by atoms with Crippen LogP contribution in [0, 0.1) is 6.92 Å². The predicted molar refractivity (Wildman–Crippen MR) is 155 cm³/mol. The fourth-order valence-corrected chi connectivity index (χ4v) is 5.84. The van der Waals surface area contributed by atoms with Crippen LogP contribution in [0.2, 0.25) is 0 Å². The highest BCUT2D eigenvalue weighted by Crippen LogP contribution is 2.47. The topological polar surface area (TPSA) is 23.5 Å². The summed E-state index contributed by atoms with van der Waals surface area (Å²) in [5, 5.41) is 10.6. The Bertz CT molecular complexity index is 1290. The second-order valence-electron chi connectivity index (χ2n) is 10.9. The van der Waals surface area contributed by atoms with Gasteiger partial charge in [-0.1, -0.05) is 107 Å². The molecule has 188 valence electrons. The lowest BCUT2D eigenvalue weighted by Gasteiger charge is -2.28. The van der Waals surface area contributed by atoms with E-state index in [9.17, 15) is 5.11 Å². The van der Waals surface area contributed by atoms with E-state index in [-0.39, 0.29) is 17.4 Å². The van der Waals surface area contributed by atoms with Crippen molar-refractivity contribution in [1.82, 2.24) is 0 Å². The molecule has 1 N–H and O–H groups in total. The average molecular weight is 500 g/mol. The number of nitrogens with zero attached hydrogens (tertiary/aromatic N) is 1. The summed E-state index contributed by atoms with van der Waals surface area (Å²) in [7, 11) is 0. The average Bonchev–Trinajstić information content (AvgIpc) is 3.30. The van der Waals surface area contributed by atoms with Crippen LogP contribution in [-0.4, -0.2) is 18.3 Å². The minimum absolute atomic E-state index is 0.108. The third kappa shape index (κ3) is 4.77. The number of aliphatic hydroxyl groups is 1. The third-order valence-electron chi connectivity index (χ3n) is 7.90. The molecule has 2 aliphatic rings. The Morgan fingerprint density at radius 1 is 1.08 bits per heavy atom. The quantitative estimate of drug-likeness (QED) is 0.387. The van der Waals surface area contributed by atoms with Crippen molar-refractivity contribution in [3.8, 4) is 0 Å². The normalized spacial score (nSPS) is 19.7. The molecule has 0 atom stereocenters. The second kappa shape index (κ2) is 10.3. The number of fused-ring (bicyclic) bond motifs is 1. The van der Waals surface area contributed by atoms with E-state index in [4.69, 9.17) is 11.6 Å². The van der Waals surface area contributed by atoms with Crippen molar-refractivity contribution < 1.29 is 5.11 Å². The maximum atomic E-state index is 9.72. The molecular weight excluding hydrogens is 462 g/mol. The number of hydrogen-bond acceptors (Lipinski definition) is 2. The van der Waals surface area contributed by atoms with Crippen LogP contribution < -0.4 is 4.90 Å². The lowest BCUT2D eigenvalue weighted by molar-refractivity contribution is 0.304. The molecular formula is C33H38ClNO. The van der Waals surface area contributed by atoms with E-state index in [2.05, 4.69) is 119 Å². The van der Waals surface area contributed by atoms with Crippen LogP contribution in [0.25, 0.3) is 0 Å². The summed E-state index contributed by atoms with van der Waals surface area (Å²) in [4.78, 5) is 2.23. The van der Waals surface area contributed by atoms with Gasteiger partial charge < -0.3 is 10.0 Å². The number of aliphatic hydroxyl groups excluding tert-OH is 1. The molecule has 0 saturated carbocycles. The van der Waals surface area contributed by atoms with Gasteiger partial charge in [0.2, 0.25) is 0 Å². The minimum Gasteiger partial charge on any atom is -0.395 e. The first-order valence-corrected chi connectivity index (χ1v) is 13.2. The second-order valence-corrected chi connectivity index (χ2v) is 11.3. The van der Waals surface area contributed by atoms with Crippen LogP contribution in [0.5, 0.6) is 0 Å². The molecule has 36 heavy (non-hydrogen) atoms. The van der Waals surface area contributed by atoms with Crippen molar-refractivity contribution in [2.75, 3.05) is 18.1 Å². The Morgan fingerprint density at radius 2 is 1.78 bits per heavy atom. The molecule has 4 rings (SSSR count). The van der Waals surface area contributed by atoms with Crippen LogP contribution in [0.3, 0.4) is 0 Å². The van der Waals surface area contributed by atoms with Gasteiger partial charge >= 0.3 is 0 Å². The number of anilines is 1. The number of β-amino-alcohol motifs (C(OH)–C–C–N with tert-alkyl or cyclic N) is 1. The largest absolute Gasteiger partial charge is 0.395 e. The maximum Gasteiger partial charge on any atom is 0.0610 e. The van der Waals surface area contributed by atoms with Crippen molar-refractivity contribution in [1.29, 1.82) is 0 Å². The first-order chi connectivity index (χ1) is 17.1. The van der Waals surface area contributed by atoms with Gasteiger partial charge in [-0.25, -0.2) is 0 Å². The summed E-state index contributed by atoms with van der Waals surface area (Å²) in [6.45, 7) is 16.2. The number of rotatable bonds is 7. The third-order valence-corrected chi connectivity index (χ3v) is 8.39. The Hall–Kier alpha value is -2.81. The number of halogens is 1. The minimum atomic E-state index is -0.157. The first kappa shape index (κ1) is 26.3. The molecule has 1 heterocycles. The van der Waals surface area contributed by atoms with Crippen molar-refractivity contribution in [2.24, 2.45) is 0 Å². The predicted octanol–water partition coefficient (Wildman–Crippen LogP) is 8.27. The van der Waals surface area contributed by atoms with Gasteiger partial charge in [-0.2, -0.15) is 0 Å². The Balaban J connectivity index is 1.58. The van der Waals surface area contributed by atoms with E-state index >= 15 is 0 Å². The fraction of sp³-hybridized carbons (Fsp3) is 0.333. The smallest absolute Gasteiger partial charge is 0.0610 e. The van der Waals surface area contributed by atoms with Gasteiger partial charge in [0.1, 0.15) is 0 Å². The van der Waals surface area contributed by atoms with Gasteiger partial charge in [0.15, 0.2) is 0 Å². The fourth-order valence-electron chi connectivity index (χ4n) is 5.53. The van der Waals surface area contributed by atoms with Crippen molar-refractivity contribution in [3.63, 3.8) is 0 Å². The molecule has 0 spiro atoms. The molecule has 0 saturated heterocycles. The highest BCUT2D eigenvalue weighted by molar-refractivity contribution is 6.33. The van der Waals surface area contributed by atoms with Crippen LogP contribution in [0.4, 0.5) is 5.69 Å². The zero-order valence-electron chi connectivity index (χ0n) is 22.2. The monoisotopic (exact) mass is 499 g/mol. The van der Waals surface area contributed by atoms with E-state index < -0.39 is 0 Å². The zero-order chi connectivity index (χ0) is 26.1. The number of allylic oxidation sites excluding steroid dienone is 9. The number of aryl methyl sites for hydroxylation is 1. The Kier molecular flexibility index (Phi) is 7.50. The summed E-state index contributed by atoms with van der Waals surface area (Å²) < 4.78 is 0. The molecule has 1 aliphatic carbocycles. The van der Waals surface area contributed by atoms with Gasteiger partial charge in [0.05, 0.1) is 6.61 Å². The van der Waals surface area contributed by atoms with E-state index in [0.29, 0.717) is 6.54 Å². The van der Waals surface area contributed by atoms with Crippen LogP contribution in [0.15, 0.2) is 107 Å². The number of hydrogen-bond donors (Lipinski definition) is 1. The molecule has 0 bridgehead atoms. The zero-order valence-corrected chi connectivity index (χ0v) is 23.0. The SMILES string of the molecule is C=C(/C=C/C1=C(Cl)C(=C/C=C2/N(CCO)c3ccccc3C2(C)C)/CC1)C(C)(C)c1ccccc1C. The van der Waals surface area contributed by atoms with Gasteiger partial charge in [-0.05, 0) is 65.3 Å². The summed E-state index contributed by atoms with van der Waals surface area (Å²) in [6, 6.07) is 17.0. The molecule has 3 heteroatoms. The van der Waals surface area contributed by atoms with E-state index in [0.717, 1.165) is 34.6 Å². The van der Waals surface area contributed by atoms with Gasteiger partial charge in [0.25, 0.3) is 0 Å². The molecule has 0 amide bonds. The van der Waals surface area contributed by atoms with E-state index in [1.807, 2.05) is 0 Å². The highest BCUT2D eigenvalue weighted by Gasteiger charge is 2.39. The molecule has 2 aromatic rings. The van der Waals surface area contributed by atoms with Crippen LogP contribution >= 0.6 is 11.6 Å². The lowest BCUT2D eigenvalue weighted by atomic mass is 9.76. The molecule has 2 nitrogen and oxygen atoms in total. The lowest BCUT2D eigenvalue weighted by Crippen LogP contribution is -2.28. The van der Waals surface area contributed by atoms with Gasteiger partial charge in [0, 0.05) is 33.8 Å². The molecule has 0 aromatic heterocycles. The summed E-state index contributed by atoms with van der Waals surface area (Å²) in [6.07, 6.45) is 10.5. The van der Waals surface area contributed by atoms with Crippen molar-refractivity contribution in [2.45, 2.75) is 58.3 Å². The summed E-state index contributed by atoms with van der Waals surface area (Å²) in [5.41, 5.74) is 9.31. The number of benzene rings is 2. The Labute approximate surface area is 222 Å². The van der Waals surface area contributed by atoms with Crippen molar-refractivity contribution >= 4 is 17.3 Å². The van der Waals surface area contributed by atoms with Crippen molar-refractivity contribution in [3.05, 3.63) is 124 Å². The van der Waals surface area contributed by atoms with E-state index in [1.165, 1.54) is 28.1 Å². The standard InChI is InChI=1S/C33H38ClNO/c1-23-11-7-8-12-27(23)32(3,4)24(2)15-16-25-17-18-26(31(25)34)19-20-30-33(5,6)28-13-9-10-14-29(28)35(30)21-22-36/h7-16,19-20,36H,2,17-18,21-22H2,1,3-6H3/b16-15+,26-19+,30-20+. The molecule has 0 unspecified atom stereocenters. The van der Waals surface area contributed by atoms with Gasteiger partial charge in [-0.15, -0.1) is 0 Å². The number of para-hydroxylation sites is 1. The van der Waals surface area contributed by atoms with Crippen LogP contribution in [0.1, 0.15) is 57.2 Å². The van der Waals surface area contributed by atoms with E-state index in [1.54, 1.807) is 0 Å². The van der Waals surface area contributed by atoms with Gasteiger partial charge in [-0.3, -0.25) is 0 Å². The van der Waals surface area contributed by atoms with Crippen LogP contribution in [-0.2, 0) is 10.8 Å².